The maximum atomic E-state index is 12.9. The lowest BCUT2D eigenvalue weighted by Crippen LogP contribution is -2.48. The average molecular weight is 491 g/mol. The number of carbonyl (C=O) groups is 3. The van der Waals surface area contributed by atoms with Crippen LogP contribution in [0.5, 0.6) is 0 Å². The molecule has 0 atom stereocenters. The normalized spacial score (nSPS) is 16.5. The maximum Gasteiger partial charge on any atom is 0.328 e. The van der Waals surface area contributed by atoms with Crippen molar-refractivity contribution in [2.24, 2.45) is 0 Å². The van der Waals surface area contributed by atoms with E-state index in [4.69, 9.17) is 0 Å². The number of aldehydes is 1. The molecule has 3 heterocycles. The highest BCUT2D eigenvalue weighted by Crippen LogP contribution is 2.26. The molecule has 188 valence electrons. The van der Waals surface area contributed by atoms with Crippen molar-refractivity contribution < 1.29 is 14.4 Å². The standard InChI is InChI=1S/C25H30N8O3/c1-31-9-10-33(24(35)15-31)14-17-7-8-23(29-21(17)16-34)32(2)25(36)30-22-11-20(18(12-26)13-27-22)28-19-5-3-4-6-19/h7-8,11,13,16,19H,3-6,9-10,14-15H2,1-2H3,(H2,27,28,30,36). The number of likely N-dealkylation sites (N-methyl/N-ethyl adjacent to an activating group) is 1. The number of nitrogens with one attached hydrogen (secondary N) is 2. The lowest BCUT2D eigenvalue weighted by molar-refractivity contribution is -0.136. The number of aromatic nitrogens is 2. The van der Waals surface area contributed by atoms with Gasteiger partial charge in [-0.25, -0.2) is 14.8 Å². The third kappa shape index (κ3) is 5.78. The molecule has 2 aliphatic rings. The minimum atomic E-state index is -0.495. The van der Waals surface area contributed by atoms with E-state index in [9.17, 15) is 19.6 Å². The fraction of sp³-hybridized carbons (Fsp3) is 0.440. The topological polar surface area (TPSA) is 135 Å². The summed E-state index contributed by atoms with van der Waals surface area (Å²) in [6, 6.07) is 6.95. The van der Waals surface area contributed by atoms with Gasteiger partial charge >= 0.3 is 6.03 Å². The molecule has 2 fully saturated rings. The van der Waals surface area contributed by atoms with Gasteiger partial charge in [0.25, 0.3) is 0 Å². The van der Waals surface area contributed by atoms with E-state index in [1.807, 2.05) is 11.9 Å². The Labute approximate surface area is 210 Å². The average Bonchev–Trinajstić information content (AvgIpc) is 3.38. The van der Waals surface area contributed by atoms with Crippen LogP contribution >= 0.6 is 0 Å². The van der Waals surface area contributed by atoms with Gasteiger partial charge in [-0.3, -0.25) is 24.7 Å². The number of rotatable bonds is 7. The van der Waals surface area contributed by atoms with Crippen LogP contribution in [0.2, 0.25) is 0 Å². The summed E-state index contributed by atoms with van der Waals surface area (Å²) >= 11 is 0. The number of anilines is 3. The van der Waals surface area contributed by atoms with E-state index >= 15 is 0 Å². The van der Waals surface area contributed by atoms with Crippen molar-refractivity contribution in [2.45, 2.75) is 38.3 Å². The van der Waals surface area contributed by atoms with E-state index in [1.54, 1.807) is 23.1 Å². The van der Waals surface area contributed by atoms with E-state index in [-0.39, 0.29) is 24.0 Å². The van der Waals surface area contributed by atoms with Crippen LogP contribution in [0, 0.1) is 11.3 Å². The molecular formula is C25H30N8O3. The van der Waals surface area contributed by atoms with Gasteiger partial charge in [0.2, 0.25) is 5.91 Å². The zero-order valence-electron chi connectivity index (χ0n) is 20.5. The Morgan fingerprint density at radius 1 is 1.31 bits per heavy atom. The third-order valence-electron chi connectivity index (χ3n) is 6.60. The minimum absolute atomic E-state index is 0.00196. The molecule has 2 aromatic heterocycles. The number of amides is 3. The molecule has 36 heavy (non-hydrogen) atoms. The number of carbonyl (C=O) groups excluding carboxylic acids is 3. The van der Waals surface area contributed by atoms with Gasteiger partial charge in [0.15, 0.2) is 6.29 Å². The number of hydrogen-bond donors (Lipinski definition) is 2. The highest BCUT2D eigenvalue weighted by Gasteiger charge is 2.23. The summed E-state index contributed by atoms with van der Waals surface area (Å²) in [5, 5.41) is 15.5. The number of piperazine rings is 1. The molecule has 3 amide bonds. The van der Waals surface area contributed by atoms with Crippen LogP contribution in [0.25, 0.3) is 0 Å². The molecule has 4 rings (SSSR count). The van der Waals surface area contributed by atoms with Crippen molar-refractivity contribution in [1.29, 1.82) is 5.26 Å². The zero-order chi connectivity index (χ0) is 25.7. The van der Waals surface area contributed by atoms with Crippen molar-refractivity contribution in [1.82, 2.24) is 19.8 Å². The summed E-state index contributed by atoms with van der Waals surface area (Å²) in [5.41, 5.74) is 1.86. The van der Waals surface area contributed by atoms with Gasteiger partial charge in [-0.1, -0.05) is 18.9 Å². The fourth-order valence-electron chi connectivity index (χ4n) is 4.43. The van der Waals surface area contributed by atoms with Crippen LogP contribution in [0.15, 0.2) is 24.4 Å². The summed E-state index contributed by atoms with van der Waals surface area (Å²) in [7, 11) is 3.43. The fourth-order valence-corrected chi connectivity index (χ4v) is 4.43. The number of pyridine rings is 2. The second kappa shape index (κ2) is 11.1. The van der Waals surface area contributed by atoms with Gasteiger partial charge in [0.05, 0.1) is 17.8 Å². The van der Waals surface area contributed by atoms with Crippen LogP contribution in [-0.4, -0.2) is 77.8 Å². The van der Waals surface area contributed by atoms with Crippen LogP contribution in [0.1, 0.15) is 47.3 Å². The van der Waals surface area contributed by atoms with E-state index in [1.165, 1.54) is 18.1 Å². The smallest absolute Gasteiger partial charge is 0.328 e. The van der Waals surface area contributed by atoms with Crippen LogP contribution in [-0.2, 0) is 11.3 Å². The summed E-state index contributed by atoms with van der Waals surface area (Å²) in [5.74, 6) is 0.575. The Kier molecular flexibility index (Phi) is 7.75. The van der Waals surface area contributed by atoms with Crippen molar-refractivity contribution in [3.8, 4) is 6.07 Å². The first-order chi connectivity index (χ1) is 17.4. The maximum absolute atomic E-state index is 12.9. The lowest BCUT2D eigenvalue weighted by atomic mass is 10.1. The largest absolute Gasteiger partial charge is 0.381 e. The molecule has 0 radical (unpaired) electrons. The van der Waals surface area contributed by atoms with E-state index < -0.39 is 6.03 Å². The lowest BCUT2D eigenvalue weighted by Gasteiger charge is -2.32. The predicted octanol–water partition coefficient (Wildman–Crippen LogP) is 2.46. The number of urea groups is 1. The van der Waals surface area contributed by atoms with Crippen molar-refractivity contribution >= 4 is 35.5 Å². The van der Waals surface area contributed by atoms with E-state index in [0.29, 0.717) is 48.0 Å². The summed E-state index contributed by atoms with van der Waals surface area (Å²) in [6.45, 7) is 1.96. The van der Waals surface area contributed by atoms with Crippen molar-refractivity contribution in [3.63, 3.8) is 0 Å². The summed E-state index contributed by atoms with van der Waals surface area (Å²) < 4.78 is 0. The molecular weight excluding hydrogens is 460 g/mol. The van der Waals surface area contributed by atoms with Gasteiger partial charge in [-0.2, -0.15) is 5.26 Å². The Bertz CT molecular complexity index is 1190. The SMILES string of the molecule is CN1CCN(Cc2ccc(N(C)C(=O)Nc3cc(NC4CCCC4)c(C#N)cn3)nc2C=O)C(=O)C1. The Morgan fingerprint density at radius 2 is 2.08 bits per heavy atom. The quantitative estimate of drug-likeness (QED) is 0.565. The highest BCUT2D eigenvalue weighted by atomic mass is 16.2. The molecule has 1 saturated carbocycles. The molecule has 11 nitrogen and oxygen atoms in total. The van der Waals surface area contributed by atoms with Gasteiger partial charge in [-0.05, 0) is 26.0 Å². The monoisotopic (exact) mass is 490 g/mol. The number of nitriles is 1. The summed E-state index contributed by atoms with van der Waals surface area (Å²) in [6.07, 6.45) is 6.46. The number of hydrogen-bond acceptors (Lipinski definition) is 8. The van der Waals surface area contributed by atoms with E-state index in [0.717, 1.165) is 32.2 Å². The van der Waals surface area contributed by atoms with Crippen molar-refractivity contribution in [2.75, 3.05) is 49.3 Å². The third-order valence-corrected chi connectivity index (χ3v) is 6.60. The van der Waals surface area contributed by atoms with Gasteiger partial charge < -0.3 is 10.2 Å². The second-order valence-electron chi connectivity index (χ2n) is 9.23. The minimum Gasteiger partial charge on any atom is -0.381 e. The molecule has 2 aromatic rings. The van der Waals surface area contributed by atoms with Gasteiger partial charge in [0.1, 0.15) is 23.4 Å². The first kappa shape index (κ1) is 25.1. The molecule has 1 aliphatic heterocycles. The number of nitrogens with zero attached hydrogens (tertiary/aromatic N) is 6. The highest BCUT2D eigenvalue weighted by molar-refractivity contribution is 6.00. The van der Waals surface area contributed by atoms with Crippen molar-refractivity contribution in [3.05, 3.63) is 41.2 Å². The molecule has 1 saturated heterocycles. The molecule has 0 unspecified atom stereocenters. The molecule has 0 bridgehead atoms. The molecule has 1 aliphatic carbocycles. The molecule has 11 heteroatoms. The van der Waals surface area contributed by atoms with Crippen LogP contribution in [0.4, 0.5) is 22.1 Å². The predicted molar refractivity (Wildman–Crippen MR) is 135 cm³/mol. The summed E-state index contributed by atoms with van der Waals surface area (Å²) in [4.78, 5) is 50.4. The second-order valence-corrected chi connectivity index (χ2v) is 9.23. The molecule has 2 N–H and O–H groups in total. The Balaban J connectivity index is 1.45. The molecule has 0 spiro atoms. The Morgan fingerprint density at radius 3 is 2.78 bits per heavy atom. The zero-order valence-corrected chi connectivity index (χ0v) is 20.5. The van der Waals surface area contributed by atoms with Crippen LogP contribution in [0.3, 0.4) is 0 Å². The van der Waals surface area contributed by atoms with Crippen LogP contribution < -0.4 is 15.5 Å². The van der Waals surface area contributed by atoms with E-state index in [2.05, 4.69) is 26.7 Å². The van der Waals surface area contributed by atoms with Gasteiger partial charge in [-0.15, -0.1) is 0 Å². The first-order valence-corrected chi connectivity index (χ1v) is 12.0. The first-order valence-electron chi connectivity index (χ1n) is 12.0. The Hall–Kier alpha value is -4.04. The van der Waals surface area contributed by atoms with Gasteiger partial charge in [0, 0.05) is 50.6 Å². The molecule has 0 aromatic carbocycles.